The van der Waals surface area contributed by atoms with E-state index in [1.165, 1.54) is 4.31 Å². The monoisotopic (exact) mass is 310 g/mol. The number of rotatable bonds is 3. The molecule has 21 heavy (non-hydrogen) atoms. The van der Waals surface area contributed by atoms with Gasteiger partial charge in [0.2, 0.25) is 0 Å². The van der Waals surface area contributed by atoms with Crippen LogP contribution in [0.1, 0.15) is 43.4 Å². The van der Waals surface area contributed by atoms with Crippen molar-refractivity contribution in [2.45, 2.75) is 50.8 Å². The molecule has 0 aromatic heterocycles. The molecule has 0 radical (unpaired) electrons. The van der Waals surface area contributed by atoms with E-state index in [0.29, 0.717) is 13.0 Å². The summed E-state index contributed by atoms with van der Waals surface area (Å²) in [5.41, 5.74) is 1.91. The first-order chi connectivity index (χ1) is 9.99. The standard InChI is InChI=1S/C15H22N2O3S/c1-11-6-4-5-9-17(11)21(19,20)16-15-13-8-3-2-7-12(13)10-14(15)18/h2-3,7-8,11,14-16,18H,4-6,9-10H2,1H3/t11?,14-,15+/m1/s1. The van der Waals surface area contributed by atoms with Crippen molar-refractivity contribution >= 4 is 10.2 Å². The van der Waals surface area contributed by atoms with E-state index >= 15 is 0 Å². The van der Waals surface area contributed by atoms with Gasteiger partial charge in [-0.2, -0.15) is 17.4 Å². The Balaban J connectivity index is 1.82. The summed E-state index contributed by atoms with van der Waals surface area (Å²) in [6.07, 6.45) is 2.66. The first-order valence-electron chi connectivity index (χ1n) is 7.54. The van der Waals surface area contributed by atoms with Gasteiger partial charge in [-0.25, -0.2) is 0 Å². The minimum absolute atomic E-state index is 0.0186. The summed E-state index contributed by atoms with van der Waals surface area (Å²) in [5.74, 6) is 0. The first kappa shape index (κ1) is 15.0. The predicted octanol–water partition coefficient (Wildman–Crippen LogP) is 1.35. The summed E-state index contributed by atoms with van der Waals surface area (Å²) in [5, 5.41) is 10.2. The molecule has 6 heteroatoms. The molecule has 2 aliphatic rings. The van der Waals surface area contributed by atoms with Crippen molar-refractivity contribution in [3.63, 3.8) is 0 Å². The Morgan fingerprint density at radius 1 is 1.29 bits per heavy atom. The lowest BCUT2D eigenvalue weighted by atomic mass is 10.1. The SMILES string of the molecule is CC1CCCCN1S(=O)(=O)N[C@H]1c2ccccc2C[C@H]1O. The number of nitrogens with one attached hydrogen (secondary N) is 1. The largest absolute Gasteiger partial charge is 0.391 e. The molecule has 1 aromatic rings. The van der Waals surface area contributed by atoms with Crippen LogP contribution < -0.4 is 4.72 Å². The molecule has 1 aliphatic heterocycles. The van der Waals surface area contributed by atoms with Crippen LogP contribution in [0.3, 0.4) is 0 Å². The second-order valence-corrected chi connectivity index (χ2v) is 7.68. The number of hydrogen-bond acceptors (Lipinski definition) is 3. The lowest BCUT2D eigenvalue weighted by molar-refractivity contribution is 0.149. The minimum atomic E-state index is -3.57. The van der Waals surface area contributed by atoms with Gasteiger partial charge in [-0.15, -0.1) is 0 Å². The van der Waals surface area contributed by atoms with E-state index in [4.69, 9.17) is 0 Å². The highest BCUT2D eigenvalue weighted by molar-refractivity contribution is 7.87. The number of aliphatic hydroxyl groups excluding tert-OH is 1. The van der Waals surface area contributed by atoms with Crippen molar-refractivity contribution in [1.82, 2.24) is 9.03 Å². The maximum absolute atomic E-state index is 12.6. The second kappa shape index (κ2) is 5.68. The lowest BCUT2D eigenvalue weighted by Crippen LogP contribution is -2.49. The third-order valence-electron chi connectivity index (χ3n) is 4.53. The van der Waals surface area contributed by atoms with Crippen molar-refractivity contribution in [2.75, 3.05) is 6.54 Å². The van der Waals surface area contributed by atoms with Gasteiger partial charge in [0.1, 0.15) is 0 Å². The molecule has 3 rings (SSSR count). The highest BCUT2D eigenvalue weighted by Crippen LogP contribution is 2.32. The lowest BCUT2D eigenvalue weighted by Gasteiger charge is -2.33. The summed E-state index contributed by atoms with van der Waals surface area (Å²) in [7, 11) is -3.57. The number of hydrogen-bond donors (Lipinski definition) is 2. The molecule has 1 saturated heterocycles. The predicted molar refractivity (Wildman–Crippen MR) is 81.0 cm³/mol. The van der Waals surface area contributed by atoms with Gasteiger partial charge < -0.3 is 5.11 Å². The van der Waals surface area contributed by atoms with Crippen LogP contribution in [0.5, 0.6) is 0 Å². The van der Waals surface area contributed by atoms with Crippen LogP contribution in [0.15, 0.2) is 24.3 Å². The zero-order valence-corrected chi connectivity index (χ0v) is 13.0. The van der Waals surface area contributed by atoms with E-state index in [-0.39, 0.29) is 6.04 Å². The molecule has 1 heterocycles. The van der Waals surface area contributed by atoms with Crippen LogP contribution in [-0.2, 0) is 16.6 Å². The molecule has 0 spiro atoms. The molecule has 0 amide bonds. The zero-order valence-electron chi connectivity index (χ0n) is 12.2. The van der Waals surface area contributed by atoms with Crippen molar-refractivity contribution in [2.24, 2.45) is 0 Å². The second-order valence-electron chi connectivity index (χ2n) is 6.03. The number of fused-ring (bicyclic) bond motifs is 1. The van der Waals surface area contributed by atoms with Gasteiger partial charge in [0.25, 0.3) is 10.2 Å². The van der Waals surface area contributed by atoms with Gasteiger partial charge >= 0.3 is 0 Å². The third kappa shape index (κ3) is 2.85. The van der Waals surface area contributed by atoms with Gasteiger partial charge in [-0.05, 0) is 30.9 Å². The number of piperidine rings is 1. The average Bonchev–Trinajstić information content (AvgIpc) is 2.75. The van der Waals surface area contributed by atoms with Gasteiger partial charge in [-0.3, -0.25) is 0 Å². The molecule has 116 valence electrons. The highest BCUT2D eigenvalue weighted by atomic mass is 32.2. The summed E-state index contributed by atoms with van der Waals surface area (Å²) < 4.78 is 29.5. The Morgan fingerprint density at radius 2 is 2.05 bits per heavy atom. The molecule has 5 nitrogen and oxygen atoms in total. The average molecular weight is 310 g/mol. The van der Waals surface area contributed by atoms with Crippen LogP contribution in [0.25, 0.3) is 0 Å². The van der Waals surface area contributed by atoms with Crippen LogP contribution in [-0.4, -0.2) is 36.5 Å². The molecule has 1 aliphatic carbocycles. The molecule has 2 N–H and O–H groups in total. The van der Waals surface area contributed by atoms with Crippen molar-refractivity contribution in [3.05, 3.63) is 35.4 Å². The quantitative estimate of drug-likeness (QED) is 0.885. The van der Waals surface area contributed by atoms with E-state index in [1.807, 2.05) is 31.2 Å². The third-order valence-corrected chi connectivity index (χ3v) is 6.24. The van der Waals surface area contributed by atoms with Crippen molar-refractivity contribution in [3.8, 4) is 0 Å². The Bertz CT molecular complexity index is 617. The van der Waals surface area contributed by atoms with E-state index < -0.39 is 22.4 Å². The van der Waals surface area contributed by atoms with Gasteiger partial charge in [-0.1, -0.05) is 30.7 Å². The molecule has 1 aromatic carbocycles. The van der Waals surface area contributed by atoms with E-state index in [2.05, 4.69) is 4.72 Å². The molecular formula is C15H22N2O3S. The summed E-state index contributed by atoms with van der Waals surface area (Å²) in [6, 6.07) is 7.09. The minimum Gasteiger partial charge on any atom is -0.391 e. The van der Waals surface area contributed by atoms with Gasteiger partial charge in [0.05, 0.1) is 12.1 Å². The maximum atomic E-state index is 12.6. The number of aliphatic hydroxyl groups is 1. The normalized spacial score (nSPS) is 30.3. The zero-order chi connectivity index (χ0) is 15.0. The van der Waals surface area contributed by atoms with Crippen molar-refractivity contribution in [1.29, 1.82) is 0 Å². The smallest absolute Gasteiger partial charge is 0.280 e. The van der Waals surface area contributed by atoms with E-state index in [0.717, 1.165) is 30.4 Å². The maximum Gasteiger partial charge on any atom is 0.280 e. The Morgan fingerprint density at radius 3 is 2.81 bits per heavy atom. The van der Waals surface area contributed by atoms with Gasteiger partial charge in [0, 0.05) is 19.0 Å². The fourth-order valence-electron chi connectivity index (χ4n) is 3.37. The fraction of sp³-hybridized carbons (Fsp3) is 0.600. The molecule has 1 unspecified atom stereocenters. The Labute approximate surface area is 126 Å². The molecule has 1 fully saturated rings. The van der Waals surface area contributed by atoms with E-state index in [1.54, 1.807) is 0 Å². The summed E-state index contributed by atoms with van der Waals surface area (Å²) >= 11 is 0. The Hall–Kier alpha value is -0.950. The highest BCUT2D eigenvalue weighted by Gasteiger charge is 2.37. The van der Waals surface area contributed by atoms with Crippen molar-refractivity contribution < 1.29 is 13.5 Å². The van der Waals surface area contributed by atoms with Crippen LogP contribution in [0.2, 0.25) is 0 Å². The number of nitrogens with zero attached hydrogens (tertiary/aromatic N) is 1. The van der Waals surface area contributed by atoms with E-state index in [9.17, 15) is 13.5 Å². The summed E-state index contributed by atoms with van der Waals surface area (Å²) in [4.78, 5) is 0. The fourth-order valence-corrected chi connectivity index (χ4v) is 5.06. The number of benzene rings is 1. The topological polar surface area (TPSA) is 69.6 Å². The first-order valence-corrected chi connectivity index (χ1v) is 8.98. The molecule has 3 atom stereocenters. The van der Waals surface area contributed by atoms with Crippen LogP contribution in [0.4, 0.5) is 0 Å². The van der Waals surface area contributed by atoms with Crippen LogP contribution in [0, 0.1) is 0 Å². The Kier molecular flexibility index (Phi) is 4.05. The van der Waals surface area contributed by atoms with Crippen LogP contribution >= 0.6 is 0 Å². The molecule has 0 bridgehead atoms. The van der Waals surface area contributed by atoms with Gasteiger partial charge in [0.15, 0.2) is 0 Å². The summed E-state index contributed by atoms with van der Waals surface area (Å²) in [6.45, 7) is 2.50. The molecular weight excluding hydrogens is 288 g/mol. The molecule has 0 saturated carbocycles.